The second-order valence-electron chi connectivity index (χ2n) is 16.9. The highest BCUT2D eigenvalue weighted by Crippen LogP contribution is 2.62. The molecule has 3 fully saturated rings. The molecule has 3 aliphatic carbocycles. The van der Waals surface area contributed by atoms with Gasteiger partial charge in [-0.25, -0.2) is 0 Å². The second kappa shape index (κ2) is 15.2. The van der Waals surface area contributed by atoms with E-state index in [0.717, 1.165) is 69.7 Å². The first-order valence-electron chi connectivity index (χ1n) is 18.8. The Morgan fingerprint density at radius 1 is 0.857 bits per heavy atom. The van der Waals surface area contributed by atoms with E-state index in [1.54, 1.807) is 0 Å². The summed E-state index contributed by atoms with van der Waals surface area (Å²) in [5.74, 6) is -2.23. The molecule has 0 bridgehead atoms. The molecule has 1 saturated heterocycles. The summed E-state index contributed by atoms with van der Waals surface area (Å²) in [5, 5.41) is 11.0. The van der Waals surface area contributed by atoms with Crippen LogP contribution in [-0.2, 0) is 26.9 Å². The Bertz CT molecular complexity index is 1240. The van der Waals surface area contributed by atoms with Crippen molar-refractivity contribution in [2.75, 3.05) is 11.5 Å². The van der Waals surface area contributed by atoms with E-state index in [4.69, 9.17) is 9.31 Å². The van der Waals surface area contributed by atoms with Crippen molar-refractivity contribution in [2.45, 2.75) is 166 Å². The van der Waals surface area contributed by atoms with Crippen LogP contribution in [0.4, 0.5) is 22.0 Å². The number of hydrogen-bond acceptors (Lipinski definition) is 4. The average molecular weight is 717 g/mol. The van der Waals surface area contributed by atoms with Gasteiger partial charge in [-0.05, 0) is 131 Å². The van der Waals surface area contributed by atoms with E-state index in [1.165, 1.54) is 24.0 Å². The quantitative estimate of drug-likeness (QED) is 0.0851. The number of halogens is 5. The molecule has 49 heavy (non-hydrogen) atoms. The minimum absolute atomic E-state index is 0.0113. The van der Waals surface area contributed by atoms with E-state index in [0.29, 0.717) is 35.8 Å². The summed E-state index contributed by atoms with van der Waals surface area (Å²) in [4.78, 5) is 0. The third-order valence-corrected chi connectivity index (χ3v) is 14.6. The van der Waals surface area contributed by atoms with Gasteiger partial charge in [0.1, 0.15) is 11.5 Å². The van der Waals surface area contributed by atoms with Gasteiger partial charge in [-0.3, -0.25) is 0 Å². The van der Waals surface area contributed by atoms with Crippen LogP contribution in [0.25, 0.3) is 0 Å². The first kappa shape index (κ1) is 39.3. The molecule has 11 heteroatoms. The molecule has 1 heterocycles. The summed E-state index contributed by atoms with van der Waals surface area (Å²) in [6.45, 7) is 10.7. The molecule has 0 radical (unpaired) electrons. The molecule has 0 amide bonds. The largest absolute Gasteiger partial charge is 0.616 e. The summed E-state index contributed by atoms with van der Waals surface area (Å²) in [7, 11) is -0.373. The van der Waals surface area contributed by atoms with Crippen molar-refractivity contribution in [1.82, 2.24) is 0 Å². The molecule has 278 valence electrons. The molecule has 2 saturated carbocycles. The Balaban J connectivity index is 1.10. The highest BCUT2D eigenvalue weighted by molar-refractivity contribution is 7.91. The molecule has 4 nitrogen and oxygen atoms in total. The second-order valence-corrected chi connectivity index (χ2v) is 18.6. The smallest absolute Gasteiger partial charge is 0.494 e. The SMILES string of the molecule is CC1(C)OB(c2ccc3c(c2)C[C@@H](CCCCCCCCC[S+]([O-])CCCC(F)(F)C(F)(F)F)[C@@H]2[C@@H]3CC[C@]3(C)[C@@H](O)CC[C@@H]23)OC1(C)C. The van der Waals surface area contributed by atoms with Crippen LogP contribution in [-0.4, -0.2) is 57.7 Å². The molecule has 7 atom stereocenters. The molecule has 1 aromatic carbocycles. The van der Waals surface area contributed by atoms with Crippen LogP contribution in [0.5, 0.6) is 0 Å². The van der Waals surface area contributed by atoms with Gasteiger partial charge in [0.15, 0.2) is 0 Å². The van der Waals surface area contributed by atoms with Gasteiger partial charge in [-0.1, -0.05) is 68.4 Å². The Labute approximate surface area is 294 Å². The van der Waals surface area contributed by atoms with Gasteiger partial charge >= 0.3 is 19.2 Å². The lowest BCUT2D eigenvalue weighted by molar-refractivity contribution is -0.284. The Morgan fingerprint density at radius 3 is 2.12 bits per heavy atom. The van der Waals surface area contributed by atoms with Crippen molar-refractivity contribution in [3.05, 3.63) is 29.3 Å². The monoisotopic (exact) mass is 716 g/mol. The van der Waals surface area contributed by atoms with Crippen LogP contribution in [0.1, 0.15) is 142 Å². The Hall–Kier alpha value is -0.875. The number of fused-ring (bicyclic) bond motifs is 5. The van der Waals surface area contributed by atoms with Crippen molar-refractivity contribution in [3.63, 3.8) is 0 Å². The lowest BCUT2D eigenvalue weighted by Crippen LogP contribution is -2.47. The molecular formula is C38H58BF5O4S. The van der Waals surface area contributed by atoms with Crippen molar-refractivity contribution in [3.8, 4) is 0 Å². The fourth-order valence-corrected chi connectivity index (χ4v) is 10.6. The third kappa shape index (κ3) is 8.52. The van der Waals surface area contributed by atoms with Gasteiger partial charge in [0.25, 0.3) is 0 Å². The Kier molecular flexibility index (Phi) is 12.2. The number of aliphatic hydroxyl groups is 1. The first-order chi connectivity index (χ1) is 22.9. The van der Waals surface area contributed by atoms with E-state index in [2.05, 4.69) is 52.8 Å². The van der Waals surface area contributed by atoms with E-state index < -0.39 is 36.1 Å². The predicted octanol–water partition coefficient (Wildman–Crippen LogP) is 9.28. The van der Waals surface area contributed by atoms with E-state index in [-0.39, 0.29) is 35.6 Å². The average Bonchev–Trinajstić information content (AvgIpc) is 3.44. The number of rotatable bonds is 15. The van der Waals surface area contributed by atoms with Crippen LogP contribution < -0.4 is 5.46 Å². The van der Waals surface area contributed by atoms with Crippen LogP contribution >= 0.6 is 0 Å². The van der Waals surface area contributed by atoms with Crippen LogP contribution in [0.15, 0.2) is 18.2 Å². The van der Waals surface area contributed by atoms with Crippen LogP contribution in [0.2, 0.25) is 0 Å². The fourth-order valence-electron chi connectivity index (χ4n) is 9.44. The molecule has 1 aliphatic heterocycles. The van der Waals surface area contributed by atoms with Gasteiger partial charge in [0, 0.05) is 6.42 Å². The molecule has 0 spiro atoms. The maximum absolute atomic E-state index is 13.0. The lowest BCUT2D eigenvalue weighted by Gasteiger charge is -2.53. The van der Waals surface area contributed by atoms with E-state index in [1.807, 2.05) is 0 Å². The lowest BCUT2D eigenvalue weighted by atomic mass is 9.52. The van der Waals surface area contributed by atoms with Crippen LogP contribution in [0, 0.1) is 23.2 Å². The van der Waals surface area contributed by atoms with Crippen molar-refractivity contribution < 1.29 is 40.9 Å². The number of aliphatic hydroxyl groups excluding tert-OH is 1. The third-order valence-electron chi connectivity index (χ3n) is 13.1. The van der Waals surface area contributed by atoms with E-state index >= 15 is 0 Å². The van der Waals surface area contributed by atoms with Crippen molar-refractivity contribution >= 4 is 23.8 Å². The van der Waals surface area contributed by atoms with Crippen molar-refractivity contribution in [1.29, 1.82) is 0 Å². The summed E-state index contributed by atoms with van der Waals surface area (Å²) >= 11 is -1.36. The first-order valence-corrected chi connectivity index (χ1v) is 20.3. The van der Waals surface area contributed by atoms with Gasteiger partial charge in [0.2, 0.25) is 0 Å². The molecule has 5 rings (SSSR count). The van der Waals surface area contributed by atoms with Gasteiger partial charge in [0.05, 0.1) is 17.3 Å². The summed E-state index contributed by atoms with van der Waals surface area (Å²) < 4.78 is 87.9. The van der Waals surface area contributed by atoms with Gasteiger partial charge in [-0.2, -0.15) is 22.0 Å². The normalized spacial score (nSPS) is 31.3. The standard InChI is InChI=1S/C38H58BF5O4S/c1-34(2)35(3,4)48-39(47-34)28-15-16-29-27(25-28)24-26(33-30(29)19-21-36(5)31(33)17-18-32(36)45)14-11-9-7-6-8-10-12-22-49(46)23-13-20-37(40,41)38(42,43)44/h15-16,25-26,30-33,45H,6-14,17-24H2,1-5H3/t26-,30-,31+,32+,33-,36+,49?/m1/s1. The van der Waals surface area contributed by atoms with E-state index in [9.17, 15) is 31.6 Å². The molecule has 1 unspecified atom stereocenters. The van der Waals surface area contributed by atoms with Gasteiger partial charge < -0.3 is 19.0 Å². The highest BCUT2D eigenvalue weighted by atomic mass is 32.2. The number of benzene rings is 1. The molecule has 4 aliphatic rings. The zero-order valence-electron chi connectivity index (χ0n) is 30.2. The minimum atomic E-state index is -5.55. The summed E-state index contributed by atoms with van der Waals surface area (Å²) in [6.07, 6.45) is 6.12. The maximum Gasteiger partial charge on any atom is 0.494 e. The fraction of sp³-hybridized carbons (Fsp3) is 0.842. The zero-order valence-corrected chi connectivity index (χ0v) is 31.0. The molecule has 1 N–H and O–H groups in total. The predicted molar refractivity (Wildman–Crippen MR) is 187 cm³/mol. The number of unbranched alkanes of at least 4 members (excludes halogenated alkanes) is 6. The van der Waals surface area contributed by atoms with Crippen LogP contribution in [0.3, 0.4) is 0 Å². The molecule has 1 aromatic rings. The molecule has 0 aromatic heterocycles. The minimum Gasteiger partial charge on any atom is -0.616 e. The molecular weight excluding hydrogens is 658 g/mol. The number of hydrogen-bond donors (Lipinski definition) is 1. The zero-order chi connectivity index (χ0) is 35.8. The summed E-state index contributed by atoms with van der Waals surface area (Å²) in [5.41, 5.74) is 3.26. The summed E-state index contributed by atoms with van der Waals surface area (Å²) in [6, 6.07) is 6.91. The Morgan fingerprint density at radius 2 is 1.47 bits per heavy atom. The van der Waals surface area contributed by atoms with Crippen molar-refractivity contribution in [2.24, 2.45) is 23.2 Å². The highest BCUT2D eigenvalue weighted by Gasteiger charge is 2.58. The topological polar surface area (TPSA) is 61.8 Å². The number of alkyl halides is 5. The maximum atomic E-state index is 13.0. The van der Waals surface area contributed by atoms with Gasteiger partial charge in [-0.15, -0.1) is 0 Å².